The van der Waals surface area contributed by atoms with Gasteiger partial charge in [-0.3, -0.25) is 0 Å². The van der Waals surface area contributed by atoms with E-state index in [1.165, 1.54) is 18.1 Å². The molecule has 1 aromatic carbocycles. The zero-order valence-corrected chi connectivity index (χ0v) is 18.8. The molecule has 30 heavy (non-hydrogen) atoms. The average molecular weight is 445 g/mol. The number of hydrogen-bond acceptors (Lipinski definition) is 7. The molecule has 2 aromatic heterocycles. The third-order valence-electron chi connectivity index (χ3n) is 4.14. The summed E-state index contributed by atoms with van der Waals surface area (Å²) in [5, 5.41) is 14.2. The van der Waals surface area contributed by atoms with Crippen LogP contribution in [0.25, 0.3) is 11.2 Å². The Morgan fingerprint density at radius 1 is 1.27 bits per heavy atom. The van der Waals surface area contributed by atoms with Crippen molar-refractivity contribution in [3.63, 3.8) is 0 Å². The molecule has 0 spiro atoms. The lowest BCUT2D eigenvalue weighted by molar-refractivity contribution is 0.253. The monoisotopic (exact) mass is 444 g/mol. The Labute approximate surface area is 185 Å². The minimum Gasteiger partial charge on any atom is -0.382 e. The number of fused-ring (bicyclic) bond motifs is 1. The Morgan fingerprint density at radius 3 is 2.80 bits per heavy atom. The van der Waals surface area contributed by atoms with Gasteiger partial charge in [-0.25, -0.2) is 15.0 Å². The number of aryl methyl sites for hydroxylation is 1. The van der Waals surface area contributed by atoms with Gasteiger partial charge in [-0.15, -0.1) is 0 Å². The van der Waals surface area contributed by atoms with Crippen molar-refractivity contribution >= 4 is 40.3 Å². The van der Waals surface area contributed by atoms with Crippen LogP contribution in [0.4, 0.5) is 5.82 Å². The minimum atomic E-state index is -0.703. The lowest BCUT2D eigenvalue weighted by Gasteiger charge is -2.11. The molecule has 0 bridgehead atoms. The molecule has 0 saturated heterocycles. The van der Waals surface area contributed by atoms with E-state index in [9.17, 15) is 5.11 Å². The highest BCUT2D eigenvalue weighted by Gasteiger charge is 2.16. The number of rotatable bonds is 7. The van der Waals surface area contributed by atoms with E-state index >= 15 is 0 Å². The number of nitrogens with one attached hydrogen (secondary N) is 1. The van der Waals surface area contributed by atoms with Crippen LogP contribution >= 0.6 is 23.4 Å². The molecule has 0 amide bonds. The molecular weight excluding hydrogens is 420 g/mol. The largest absolute Gasteiger partial charge is 0.382 e. The maximum atomic E-state index is 9.41. The van der Waals surface area contributed by atoms with Crippen molar-refractivity contribution in [2.45, 2.75) is 55.9 Å². The van der Waals surface area contributed by atoms with Crippen molar-refractivity contribution in [3.8, 4) is 11.8 Å². The fraction of sp³-hybridized carbons (Fsp3) is 0.381. The molecule has 0 fully saturated rings. The van der Waals surface area contributed by atoms with Gasteiger partial charge in [-0.1, -0.05) is 49.1 Å². The number of benzene rings is 1. The molecule has 0 aliphatic heterocycles. The van der Waals surface area contributed by atoms with Crippen molar-refractivity contribution in [1.29, 1.82) is 0 Å². The van der Waals surface area contributed by atoms with Crippen molar-refractivity contribution in [3.05, 3.63) is 35.1 Å². The van der Waals surface area contributed by atoms with Crippen LogP contribution in [0.15, 0.2) is 34.6 Å². The van der Waals surface area contributed by atoms with Crippen LogP contribution in [-0.2, 0) is 6.54 Å². The van der Waals surface area contributed by atoms with Crippen LogP contribution in [-0.4, -0.2) is 43.3 Å². The van der Waals surface area contributed by atoms with Gasteiger partial charge in [0.15, 0.2) is 22.1 Å². The van der Waals surface area contributed by atoms with Gasteiger partial charge < -0.3 is 20.7 Å². The number of aliphatic hydroxyl groups excluding tert-OH is 1. The van der Waals surface area contributed by atoms with E-state index in [0.29, 0.717) is 28.0 Å². The summed E-state index contributed by atoms with van der Waals surface area (Å²) in [6.45, 7) is 7.50. The summed E-state index contributed by atoms with van der Waals surface area (Å²) in [5.41, 5.74) is 8.07. The third kappa shape index (κ3) is 5.86. The predicted molar refractivity (Wildman–Crippen MR) is 122 cm³/mol. The zero-order chi connectivity index (χ0) is 21.7. The van der Waals surface area contributed by atoms with Gasteiger partial charge in [0, 0.05) is 28.1 Å². The first-order valence-corrected chi connectivity index (χ1v) is 10.9. The quantitative estimate of drug-likeness (QED) is 0.379. The highest BCUT2D eigenvalue weighted by molar-refractivity contribution is 7.99. The maximum absolute atomic E-state index is 9.41. The van der Waals surface area contributed by atoms with E-state index in [4.69, 9.17) is 22.3 Å². The number of halogens is 1. The number of nitrogens with zero attached hydrogens (tertiary/aromatic N) is 4. The molecular formula is C21H25ClN6OS. The number of nitrogen functional groups attached to an aromatic ring is 1. The van der Waals surface area contributed by atoms with Gasteiger partial charge in [0.25, 0.3) is 0 Å². The van der Waals surface area contributed by atoms with E-state index in [1.54, 1.807) is 13.0 Å². The first kappa shape index (κ1) is 22.4. The third-order valence-corrected chi connectivity index (χ3v) is 5.33. The molecule has 2 heterocycles. The predicted octanol–water partition coefficient (Wildman–Crippen LogP) is 3.33. The lowest BCUT2D eigenvalue weighted by atomic mass is 10.2. The van der Waals surface area contributed by atoms with Crippen molar-refractivity contribution in [2.75, 3.05) is 12.3 Å². The topological polar surface area (TPSA) is 102 Å². The van der Waals surface area contributed by atoms with E-state index in [-0.39, 0.29) is 0 Å². The second-order valence-electron chi connectivity index (χ2n) is 7.16. The molecule has 1 atom stereocenters. The number of aromatic nitrogens is 4. The maximum Gasteiger partial charge on any atom is 0.175 e. The Kier molecular flexibility index (Phi) is 7.56. The van der Waals surface area contributed by atoms with E-state index in [2.05, 4.69) is 45.5 Å². The Morgan fingerprint density at radius 2 is 2.07 bits per heavy atom. The fourth-order valence-corrected chi connectivity index (χ4v) is 4.14. The molecule has 3 aromatic rings. The zero-order valence-electron chi connectivity index (χ0n) is 17.2. The van der Waals surface area contributed by atoms with Crippen LogP contribution in [0.2, 0.25) is 5.02 Å². The smallest absolute Gasteiger partial charge is 0.175 e. The number of nitrogens with two attached hydrogens (primary N) is 1. The first-order chi connectivity index (χ1) is 14.3. The van der Waals surface area contributed by atoms with Gasteiger partial charge in [-0.05, 0) is 38.1 Å². The number of anilines is 1. The second kappa shape index (κ2) is 10.1. The molecule has 1 unspecified atom stereocenters. The molecule has 7 nitrogen and oxygen atoms in total. The summed E-state index contributed by atoms with van der Waals surface area (Å²) >= 11 is 7.75. The average Bonchev–Trinajstić information content (AvgIpc) is 3.01. The SMILES string of the molecule is CC(O)C#Cc1cc(Cl)cc(Sc2nc3c(N)ncnc3n2CCCNC(C)C)c1. The van der Waals surface area contributed by atoms with Crippen LogP contribution < -0.4 is 11.1 Å². The highest BCUT2D eigenvalue weighted by atomic mass is 35.5. The minimum absolute atomic E-state index is 0.357. The van der Waals surface area contributed by atoms with E-state index in [1.807, 2.05) is 12.1 Å². The summed E-state index contributed by atoms with van der Waals surface area (Å²) < 4.78 is 2.06. The van der Waals surface area contributed by atoms with Crippen molar-refractivity contribution in [2.24, 2.45) is 0 Å². The van der Waals surface area contributed by atoms with Crippen LogP contribution in [0.5, 0.6) is 0 Å². The normalized spacial score (nSPS) is 12.2. The Bertz CT molecular complexity index is 1090. The summed E-state index contributed by atoms with van der Waals surface area (Å²) in [7, 11) is 0. The molecule has 0 aliphatic rings. The molecule has 158 valence electrons. The summed E-state index contributed by atoms with van der Waals surface area (Å²) in [6.07, 6.45) is 1.67. The van der Waals surface area contributed by atoms with Gasteiger partial charge in [-0.2, -0.15) is 0 Å². The van der Waals surface area contributed by atoms with Gasteiger partial charge in [0.05, 0.1) is 0 Å². The van der Waals surface area contributed by atoms with Crippen molar-refractivity contribution in [1.82, 2.24) is 24.8 Å². The molecule has 0 saturated carbocycles. The summed E-state index contributed by atoms with van der Waals surface area (Å²) in [5.74, 6) is 6.03. The van der Waals surface area contributed by atoms with Gasteiger partial charge in [0.1, 0.15) is 12.4 Å². The first-order valence-electron chi connectivity index (χ1n) is 9.71. The van der Waals surface area contributed by atoms with Crippen LogP contribution in [0.1, 0.15) is 32.8 Å². The van der Waals surface area contributed by atoms with E-state index in [0.717, 1.165) is 35.1 Å². The Hall–Kier alpha value is -2.31. The second-order valence-corrected chi connectivity index (χ2v) is 8.64. The van der Waals surface area contributed by atoms with Gasteiger partial charge >= 0.3 is 0 Å². The molecule has 3 rings (SSSR count). The summed E-state index contributed by atoms with van der Waals surface area (Å²) in [4.78, 5) is 14.0. The standard InChI is InChI=1S/C21H25ClN6OS/c1-13(2)24-7-4-8-28-20-18(19(23)25-12-26-20)27-21(28)30-17-10-15(6-5-14(3)29)9-16(22)11-17/h9-14,24,29H,4,7-8H2,1-3H3,(H2,23,25,26). The molecule has 0 aliphatic carbocycles. The Balaban J connectivity index is 1.92. The number of hydrogen-bond donors (Lipinski definition) is 3. The summed E-state index contributed by atoms with van der Waals surface area (Å²) in [6, 6.07) is 5.98. The van der Waals surface area contributed by atoms with Crippen LogP contribution in [0.3, 0.4) is 0 Å². The van der Waals surface area contributed by atoms with E-state index < -0.39 is 6.10 Å². The molecule has 9 heteroatoms. The lowest BCUT2D eigenvalue weighted by Crippen LogP contribution is -2.24. The van der Waals surface area contributed by atoms with Crippen LogP contribution in [0, 0.1) is 11.8 Å². The fourth-order valence-electron chi connectivity index (χ4n) is 2.83. The molecule has 0 radical (unpaired) electrons. The van der Waals surface area contributed by atoms with Crippen molar-refractivity contribution < 1.29 is 5.11 Å². The van der Waals surface area contributed by atoms with Gasteiger partial charge in [0.2, 0.25) is 0 Å². The number of imidazole rings is 1. The molecule has 4 N–H and O–H groups in total. The highest BCUT2D eigenvalue weighted by Crippen LogP contribution is 2.33. The number of aliphatic hydroxyl groups is 1.